The largest absolute Gasteiger partial charge is 0.383 e. The number of halogens is 2. The van der Waals surface area contributed by atoms with Crippen LogP contribution in [0.25, 0.3) is 0 Å². The summed E-state index contributed by atoms with van der Waals surface area (Å²) in [5.41, 5.74) is 0.729. The lowest BCUT2D eigenvalue weighted by Gasteiger charge is -2.11. The first-order valence-corrected chi connectivity index (χ1v) is 7.06. The van der Waals surface area contributed by atoms with Gasteiger partial charge in [-0.25, -0.2) is 8.78 Å². The standard InChI is InChI=1S/C17H16F2N2O2/c1-11(22)16-14(19)3-2-4-15(16)20-9-10-21-17(23)12-5-7-13(18)8-6-12/h2-8,20H,9-10H2,1H3,(H,21,23). The maximum atomic E-state index is 13.6. The van der Waals surface area contributed by atoms with Gasteiger partial charge in [-0.3, -0.25) is 9.59 Å². The Balaban J connectivity index is 1.89. The normalized spacial score (nSPS) is 10.2. The van der Waals surface area contributed by atoms with Gasteiger partial charge in [0.05, 0.1) is 5.56 Å². The number of ketones is 1. The summed E-state index contributed by atoms with van der Waals surface area (Å²) in [6.45, 7) is 1.88. The molecule has 2 N–H and O–H groups in total. The molecule has 0 heterocycles. The number of carbonyl (C=O) groups is 2. The van der Waals surface area contributed by atoms with Crippen LogP contribution in [-0.2, 0) is 0 Å². The number of amides is 1. The first-order valence-electron chi connectivity index (χ1n) is 7.06. The molecule has 0 unspecified atom stereocenters. The molecule has 23 heavy (non-hydrogen) atoms. The van der Waals surface area contributed by atoms with E-state index in [-0.39, 0.29) is 23.8 Å². The van der Waals surface area contributed by atoms with Gasteiger partial charge in [0.15, 0.2) is 5.78 Å². The quantitative estimate of drug-likeness (QED) is 0.636. The highest BCUT2D eigenvalue weighted by Crippen LogP contribution is 2.19. The average molecular weight is 318 g/mol. The van der Waals surface area contributed by atoms with E-state index in [1.54, 1.807) is 6.07 Å². The molecule has 0 aliphatic heterocycles. The number of benzene rings is 2. The van der Waals surface area contributed by atoms with Crippen molar-refractivity contribution in [1.82, 2.24) is 5.32 Å². The van der Waals surface area contributed by atoms with Crippen molar-refractivity contribution in [1.29, 1.82) is 0 Å². The Kier molecular flexibility index (Phi) is 5.41. The van der Waals surface area contributed by atoms with Crippen molar-refractivity contribution < 1.29 is 18.4 Å². The molecule has 4 nitrogen and oxygen atoms in total. The minimum Gasteiger partial charge on any atom is -0.383 e. The minimum absolute atomic E-state index is 0.00244. The molecule has 0 aromatic heterocycles. The molecule has 2 aromatic rings. The van der Waals surface area contributed by atoms with Crippen LogP contribution in [0.5, 0.6) is 0 Å². The highest BCUT2D eigenvalue weighted by atomic mass is 19.1. The summed E-state index contributed by atoms with van der Waals surface area (Å²) in [4.78, 5) is 23.3. The van der Waals surface area contributed by atoms with E-state index in [0.717, 1.165) is 0 Å². The number of rotatable bonds is 6. The Bertz CT molecular complexity index is 715. The van der Waals surface area contributed by atoms with E-state index in [4.69, 9.17) is 0 Å². The highest BCUT2D eigenvalue weighted by Gasteiger charge is 2.12. The molecule has 0 fully saturated rings. The van der Waals surface area contributed by atoms with Crippen LogP contribution in [0.15, 0.2) is 42.5 Å². The Morgan fingerprint density at radius 3 is 2.35 bits per heavy atom. The van der Waals surface area contributed by atoms with Gasteiger partial charge in [-0.1, -0.05) is 6.07 Å². The second-order valence-electron chi connectivity index (χ2n) is 4.91. The van der Waals surface area contributed by atoms with E-state index in [1.807, 2.05) is 0 Å². The van der Waals surface area contributed by atoms with Crippen molar-refractivity contribution >= 4 is 17.4 Å². The summed E-state index contributed by atoms with van der Waals surface area (Å²) in [7, 11) is 0. The first-order chi connectivity index (χ1) is 11.0. The number of anilines is 1. The predicted molar refractivity (Wildman–Crippen MR) is 83.6 cm³/mol. The zero-order chi connectivity index (χ0) is 16.8. The van der Waals surface area contributed by atoms with Gasteiger partial charge in [0, 0.05) is 24.3 Å². The number of hydrogen-bond donors (Lipinski definition) is 2. The van der Waals surface area contributed by atoms with E-state index in [9.17, 15) is 18.4 Å². The summed E-state index contributed by atoms with van der Waals surface area (Å²) in [5.74, 6) is -1.71. The van der Waals surface area contributed by atoms with Gasteiger partial charge in [-0.15, -0.1) is 0 Å². The van der Waals surface area contributed by atoms with E-state index in [0.29, 0.717) is 17.8 Å². The van der Waals surface area contributed by atoms with Gasteiger partial charge in [0.25, 0.3) is 5.91 Å². The summed E-state index contributed by atoms with van der Waals surface area (Å²) in [5, 5.41) is 5.57. The number of Topliss-reactive ketones (excluding diaryl/α,β-unsaturated/α-hetero) is 1. The zero-order valence-electron chi connectivity index (χ0n) is 12.5. The van der Waals surface area contributed by atoms with Gasteiger partial charge < -0.3 is 10.6 Å². The zero-order valence-corrected chi connectivity index (χ0v) is 12.5. The summed E-state index contributed by atoms with van der Waals surface area (Å²) < 4.78 is 26.4. The van der Waals surface area contributed by atoms with E-state index in [2.05, 4.69) is 10.6 Å². The molecule has 2 aromatic carbocycles. The predicted octanol–water partition coefficient (Wildman–Crippen LogP) is 3.01. The van der Waals surface area contributed by atoms with Crippen LogP contribution in [0, 0.1) is 11.6 Å². The van der Waals surface area contributed by atoms with Crippen LogP contribution in [0.2, 0.25) is 0 Å². The van der Waals surface area contributed by atoms with Crippen LogP contribution >= 0.6 is 0 Å². The van der Waals surface area contributed by atoms with Crippen LogP contribution in [-0.4, -0.2) is 24.8 Å². The molecular formula is C17H16F2N2O2. The van der Waals surface area contributed by atoms with Gasteiger partial charge >= 0.3 is 0 Å². The third-order valence-corrected chi connectivity index (χ3v) is 3.20. The topological polar surface area (TPSA) is 58.2 Å². The van der Waals surface area contributed by atoms with Crippen LogP contribution in [0.4, 0.5) is 14.5 Å². The van der Waals surface area contributed by atoms with Gasteiger partial charge in [-0.2, -0.15) is 0 Å². The Morgan fingerprint density at radius 1 is 1.00 bits per heavy atom. The minimum atomic E-state index is -0.585. The Labute approximate surface area is 132 Å². The fourth-order valence-electron chi connectivity index (χ4n) is 2.11. The van der Waals surface area contributed by atoms with Crippen molar-refractivity contribution in [2.45, 2.75) is 6.92 Å². The molecule has 0 radical (unpaired) electrons. The van der Waals surface area contributed by atoms with Gasteiger partial charge in [0.1, 0.15) is 11.6 Å². The van der Waals surface area contributed by atoms with Crippen molar-refractivity contribution in [3.8, 4) is 0 Å². The third-order valence-electron chi connectivity index (χ3n) is 3.20. The van der Waals surface area contributed by atoms with Crippen molar-refractivity contribution in [2.24, 2.45) is 0 Å². The summed E-state index contributed by atoms with van der Waals surface area (Å²) >= 11 is 0. The lowest BCUT2D eigenvalue weighted by Crippen LogP contribution is -2.29. The molecule has 6 heteroatoms. The molecule has 0 spiro atoms. The summed E-state index contributed by atoms with van der Waals surface area (Å²) in [6, 6.07) is 9.51. The van der Waals surface area contributed by atoms with Gasteiger partial charge in [-0.05, 0) is 43.3 Å². The van der Waals surface area contributed by atoms with E-state index < -0.39 is 11.6 Å². The maximum Gasteiger partial charge on any atom is 0.251 e. The summed E-state index contributed by atoms with van der Waals surface area (Å²) in [6.07, 6.45) is 0. The molecule has 0 saturated carbocycles. The number of nitrogens with one attached hydrogen (secondary N) is 2. The molecule has 0 aliphatic rings. The molecule has 0 bridgehead atoms. The molecule has 0 atom stereocenters. The van der Waals surface area contributed by atoms with Crippen molar-refractivity contribution in [2.75, 3.05) is 18.4 Å². The average Bonchev–Trinajstić information content (AvgIpc) is 2.51. The second-order valence-corrected chi connectivity index (χ2v) is 4.91. The maximum absolute atomic E-state index is 13.6. The molecule has 2 rings (SSSR count). The third kappa shape index (κ3) is 4.35. The van der Waals surface area contributed by atoms with Gasteiger partial charge in [0.2, 0.25) is 0 Å². The molecule has 0 saturated heterocycles. The lowest BCUT2D eigenvalue weighted by molar-refractivity contribution is 0.0953. The lowest BCUT2D eigenvalue weighted by atomic mass is 10.1. The Hall–Kier alpha value is -2.76. The van der Waals surface area contributed by atoms with Crippen LogP contribution < -0.4 is 10.6 Å². The fraction of sp³-hybridized carbons (Fsp3) is 0.176. The number of hydrogen-bond acceptors (Lipinski definition) is 3. The smallest absolute Gasteiger partial charge is 0.251 e. The Morgan fingerprint density at radius 2 is 1.70 bits per heavy atom. The highest BCUT2D eigenvalue weighted by molar-refractivity contribution is 5.99. The molecule has 1 amide bonds. The fourth-order valence-corrected chi connectivity index (χ4v) is 2.11. The van der Waals surface area contributed by atoms with Crippen molar-refractivity contribution in [3.63, 3.8) is 0 Å². The molecule has 0 aliphatic carbocycles. The van der Waals surface area contributed by atoms with Crippen LogP contribution in [0.1, 0.15) is 27.6 Å². The second kappa shape index (κ2) is 7.49. The first kappa shape index (κ1) is 16.6. The van der Waals surface area contributed by atoms with E-state index in [1.165, 1.54) is 43.3 Å². The molecular weight excluding hydrogens is 302 g/mol. The number of carbonyl (C=O) groups excluding carboxylic acids is 2. The van der Waals surface area contributed by atoms with Crippen molar-refractivity contribution in [3.05, 3.63) is 65.2 Å². The van der Waals surface area contributed by atoms with Crippen LogP contribution in [0.3, 0.4) is 0 Å². The SMILES string of the molecule is CC(=O)c1c(F)cccc1NCCNC(=O)c1ccc(F)cc1. The monoisotopic (exact) mass is 318 g/mol. The van der Waals surface area contributed by atoms with E-state index >= 15 is 0 Å². The molecule has 120 valence electrons.